The van der Waals surface area contributed by atoms with Crippen molar-refractivity contribution in [1.29, 1.82) is 0 Å². The van der Waals surface area contributed by atoms with Gasteiger partial charge >= 0.3 is 11.9 Å². The molecule has 0 saturated heterocycles. The largest absolute Gasteiger partial charge is 0.508 e. The molecule has 4 unspecified atom stereocenters. The van der Waals surface area contributed by atoms with E-state index in [4.69, 9.17) is 16.6 Å². The molecule has 2 rings (SSSR count). The van der Waals surface area contributed by atoms with E-state index < -0.39 is 72.6 Å². The molecule has 0 fully saturated rings. The van der Waals surface area contributed by atoms with Crippen molar-refractivity contribution in [3.05, 3.63) is 48.0 Å². The summed E-state index contributed by atoms with van der Waals surface area (Å²) >= 11 is 0. The van der Waals surface area contributed by atoms with Gasteiger partial charge in [-0.25, -0.2) is 9.78 Å². The lowest BCUT2D eigenvalue weighted by Crippen LogP contribution is -2.57. The predicted molar refractivity (Wildman–Crippen MR) is 141 cm³/mol. The first-order chi connectivity index (χ1) is 19.3. The molecule has 1 aromatic carbocycles. The fourth-order valence-corrected chi connectivity index (χ4v) is 3.71. The Bertz CT molecular complexity index is 1220. The van der Waals surface area contributed by atoms with E-state index in [1.807, 2.05) is 0 Å². The minimum atomic E-state index is -1.53. The van der Waals surface area contributed by atoms with E-state index in [0.29, 0.717) is 11.3 Å². The maximum absolute atomic E-state index is 13.3. The molecular weight excluding hydrogens is 542 g/mol. The first-order valence-electron chi connectivity index (χ1n) is 12.5. The molecule has 0 spiro atoms. The fourth-order valence-electron chi connectivity index (χ4n) is 3.71. The van der Waals surface area contributed by atoms with Gasteiger partial charge in [0.2, 0.25) is 23.6 Å². The normalized spacial score (nSPS) is 13.7. The van der Waals surface area contributed by atoms with E-state index >= 15 is 0 Å². The molecule has 1 aromatic heterocycles. The smallest absolute Gasteiger partial charge is 0.326 e. The summed E-state index contributed by atoms with van der Waals surface area (Å²) in [6.45, 7) is 0. The number of amides is 4. The van der Waals surface area contributed by atoms with E-state index in [9.17, 15) is 39.0 Å². The molecule has 1 heterocycles. The Kier molecular flexibility index (Phi) is 12.2. The first kappa shape index (κ1) is 32.2. The Labute approximate surface area is 233 Å². The SMILES string of the molecule is NC(=O)CCC(NC(=O)C(CCC(=O)O)NC(=O)C(Cc1ccc(O)cc1)NC(=O)C(N)Cc1cnc[nH]1)C(=O)O. The van der Waals surface area contributed by atoms with Gasteiger partial charge in [-0.05, 0) is 30.5 Å². The lowest BCUT2D eigenvalue weighted by atomic mass is 10.0. The van der Waals surface area contributed by atoms with Crippen LogP contribution in [0.4, 0.5) is 0 Å². The van der Waals surface area contributed by atoms with Crippen LogP contribution in [0.15, 0.2) is 36.8 Å². The molecule has 0 radical (unpaired) electrons. The molecule has 4 atom stereocenters. The summed E-state index contributed by atoms with van der Waals surface area (Å²) in [5.74, 6) is -6.17. The Hall–Kier alpha value is -4.99. The highest BCUT2D eigenvalue weighted by Crippen LogP contribution is 2.12. The van der Waals surface area contributed by atoms with Crippen LogP contribution < -0.4 is 27.4 Å². The van der Waals surface area contributed by atoms with Gasteiger partial charge in [-0.1, -0.05) is 12.1 Å². The summed E-state index contributed by atoms with van der Waals surface area (Å²) in [5.41, 5.74) is 12.1. The molecular formula is C25H33N7O9. The number of aromatic amines is 1. The number of benzene rings is 1. The van der Waals surface area contributed by atoms with Crippen LogP contribution in [0.25, 0.3) is 0 Å². The van der Waals surface area contributed by atoms with Crippen LogP contribution in [0.1, 0.15) is 36.9 Å². The molecule has 222 valence electrons. The number of nitrogens with two attached hydrogens (primary N) is 2. The van der Waals surface area contributed by atoms with Crippen LogP contribution in [-0.2, 0) is 41.6 Å². The number of aliphatic carboxylic acids is 2. The van der Waals surface area contributed by atoms with Crippen molar-refractivity contribution in [2.75, 3.05) is 0 Å². The number of hydrogen-bond acceptors (Lipinski definition) is 9. The Balaban J connectivity index is 2.24. The van der Waals surface area contributed by atoms with Crippen LogP contribution in [0, 0.1) is 0 Å². The molecule has 4 amide bonds. The number of rotatable bonds is 17. The van der Waals surface area contributed by atoms with E-state index in [0.717, 1.165) is 0 Å². The van der Waals surface area contributed by atoms with Crippen molar-refractivity contribution in [3.8, 4) is 5.75 Å². The molecule has 2 aromatic rings. The number of aromatic hydroxyl groups is 1. The number of nitrogens with one attached hydrogen (secondary N) is 4. The number of carbonyl (C=O) groups is 6. The van der Waals surface area contributed by atoms with Gasteiger partial charge in [-0.15, -0.1) is 0 Å². The third-order valence-corrected chi connectivity index (χ3v) is 5.91. The maximum Gasteiger partial charge on any atom is 0.326 e. The average Bonchev–Trinajstić information content (AvgIpc) is 3.42. The van der Waals surface area contributed by atoms with E-state index in [-0.39, 0.29) is 31.4 Å². The van der Waals surface area contributed by atoms with Gasteiger partial charge in [0.15, 0.2) is 0 Å². The second kappa shape index (κ2) is 15.6. The number of aromatic nitrogens is 2. The molecule has 0 aliphatic rings. The van der Waals surface area contributed by atoms with Gasteiger partial charge in [0.05, 0.1) is 12.4 Å². The van der Waals surface area contributed by atoms with E-state index in [1.165, 1.54) is 36.8 Å². The third kappa shape index (κ3) is 11.3. The van der Waals surface area contributed by atoms with Crippen molar-refractivity contribution >= 4 is 35.6 Å². The van der Waals surface area contributed by atoms with Crippen LogP contribution >= 0.6 is 0 Å². The molecule has 11 N–H and O–H groups in total. The molecule has 41 heavy (non-hydrogen) atoms. The molecule has 16 heteroatoms. The highest BCUT2D eigenvalue weighted by atomic mass is 16.4. The van der Waals surface area contributed by atoms with Gasteiger partial charge in [0.1, 0.15) is 23.9 Å². The van der Waals surface area contributed by atoms with Crippen molar-refractivity contribution in [2.24, 2.45) is 11.5 Å². The number of H-pyrrole nitrogens is 1. The number of nitrogens with zero attached hydrogens (tertiary/aromatic N) is 1. The lowest BCUT2D eigenvalue weighted by Gasteiger charge is -2.25. The summed E-state index contributed by atoms with van der Waals surface area (Å²) in [7, 11) is 0. The minimum Gasteiger partial charge on any atom is -0.508 e. The predicted octanol–water partition coefficient (Wildman–Crippen LogP) is -2.10. The summed E-state index contributed by atoms with van der Waals surface area (Å²) in [4.78, 5) is 79.6. The summed E-state index contributed by atoms with van der Waals surface area (Å²) in [6.07, 6.45) is 1.23. The fraction of sp³-hybridized carbons (Fsp3) is 0.400. The first-order valence-corrected chi connectivity index (χ1v) is 12.5. The zero-order valence-corrected chi connectivity index (χ0v) is 21.9. The number of carboxylic acid groups (broad SMARTS) is 2. The lowest BCUT2D eigenvalue weighted by molar-refractivity contribution is -0.143. The zero-order valence-electron chi connectivity index (χ0n) is 21.9. The number of carboxylic acids is 2. The van der Waals surface area contributed by atoms with Gasteiger partial charge < -0.3 is 47.7 Å². The molecule has 16 nitrogen and oxygen atoms in total. The maximum atomic E-state index is 13.3. The van der Waals surface area contributed by atoms with Crippen LogP contribution in [0.5, 0.6) is 5.75 Å². The molecule has 0 bridgehead atoms. The second-order valence-electron chi connectivity index (χ2n) is 9.22. The van der Waals surface area contributed by atoms with Gasteiger partial charge in [-0.3, -0.25) is 24.0 Å². The van der Waals surface area contributed by atoms with Gasteiger partial charge in [0, 0.05) is 37.6 Å². The highest BCUT2D eigenvalue weighted by molar-refractivity contribution is 5.94. The van der Waals surface area contributed by atoms with Crippen molar-refractivity contribution in [2.45, 2.75) is 62.7 Å². The van der Waals surface area contributed by atoms with Crippen LogP contribution in [0.2, 0.25) is 0 Å². The minimum absolute atomic E-state index is 0.0323. The van der Waals surface area contributed by atoms with Crippen molar-refractivity contribution in [1.82, 2.24) is 25.9 Å². The summed E-state index contributed by atoms with van der Waals surface area (Å²) in [6, 6.07) is 0.338. The van der Waals surface area contributed by atoms with E-state index in [2.05, 4.69) is 25.9 Å². The molecule has 0 aliphatic heterocycles. The monoisotopic (exact) mass is 575 g/mol. The Morgan fingerprint density at radius 2 is 1.41 bits per heavy atom. The number of phenols is 1. The third-order valence-electron chi connectivity index (χ3n) is 5.91. The van der Waals surface area contributed by atoms with E-state index in [1.54, 1.807) is 0 Å². The Morgan fingerprint density at radius 3 is 1.98 bits per heavy atom. The number of phenolic OH excluding ortho intramolecular Hbond substituents is 1. The quantitative estimate of drug-likeness (QED) is 0.0984. The zero-order chi connectivity index (χ0) is 30.5. The van der Waals surface area contributed by atoms with Gasteiger partial charge in [0.25, 0.3) is 0 Å². The highest BCUT2D eigenvalue weighted by Gasteiger charge is 2.31. The van der Waals surface area contributed by atoms with Crippen molar-refractivity contribution < 1.29 is 44.1 Å². The standard InChI is InChI=1S/C25H33N7O9/c26-16(10-14-11-28-12-29-14)22(37)32-19(9-13-1-3-15(33)4-2-13)24(39)30-17(6-8-21(35)36)23(38)31-18(25(40)41)5-7-20(27)34/h1-4,11-12,16-19,33H,5-10,26H2,(H2,27,34)(H,28,29)(H,30,39)(H,31,38)(H,32,37)(H,35,36)(H,40,41). The van der Waals surface area contributed by atoms with Crippen LogP contribution in [0.3, 0.4) is 0 Å². The number of imidazole rings is 1. The Morgan fingerprint density at radius 1 is 0.829 bits per heavy atom. The molecule has 0 aliphatic carbocycles. The topological polar surface area (TPSA) is 280 Å². The number of carbonyl (C=O) groups excluding carboxylic acids is 4. The van der Waals surface area contributed by atoms with Gasteiger partial charge in [-0.2, -0.15) is 0 Å². The number of hydrogen-bond donors (Lipinski definition) is 9. The molecule has 0 saturated carbocycles. The number of primary amides is 1. The van der Waals surface area contributed by atoms with Crippen molar-refractivity contribution in [3.63, 3.8) is 0 Å². The second-order valence-corrected chi connectivity index (χ2v) is 9.22. The summed E-state index contributed by atoms with van der Waals surface area (Å²) in [5, 5.41) is 35.2. The summed E-state index contributed by atoms with van der Waals surface area (Å²) < 4.78 is 0. The van der Waals surface area contributed by atoms with Crippen LogP contribution in [-0.4, -0.2) is 85.0 Å². The average molecular weight is 576 g/mol.